The van der Waals surface area contributed by atoms with Gasteiger partial charge in [-0.1, -0.05) is 22.5 Å². The molecule has 3 aromatic rings. The van der Waals surface area contributed by atoms with Crippen molar-refractivity contribution in [1.29, 1.82) is 0 Å². The van der Waals surface area contributed by atoms with Crippen LogP contribution in [0.3, 0.4) is 0 Å². The Kier molecular flexibility index (Phi) is 4.12. The minimum Gasteiger partial charge on any atom is -0.497 e. The van der Waals surface area contributed by atoms with Crippen molar-refractivity contribution in [2.75, 3.05) is 7.11 Å². The van der Waals surface area contributed by atoms with Gasteiger partial charge in [0.15, 0.2) is 0 Å². The minimum atomic E-state index is 0.314. The Morgan fingerprint density at radius 2 is 2.13 bits per heavy atom. The standard InChI is InChI=1S/C16H19N5O2/c1-10-14(11(2)23-19-10)9-21-16(15(8-17)18-20-21)12-5-4-6-13(7-12)22-3/h4-7H,8-9,17H2,1-3H3. The van der Waals surface area contributed by atoms with Crippen molar-refractivity contribution in [2.24, 2.45) is 5.73 Å². The maximum Gasteiger partial charge on any atom is 0.138 e. The van der Waals surface area contributed by atoms with Gasteiger partial charge in [-0.05, 0) is 26.0 Å². The van der Waals surface area contributed by atoms with Crippen molar-refractivity contribution in [3.63, 3.8) is 0 Å². The summed E-state index contributed by atoms with van der Waals surface area (Å²) in [5, 5.41) is 12.4. The van der Waals surface area contributed by atoms with Crippen molar-refractivity contribution in [2.45, 2.75) is 26.9 Å². The molecule has 120 valence electrons. The predicted octanol–water partition coefficient (Wildman–Crippen LogP) is 2.07. The van der Waals surface area contributed by atoms with Crippen LogP contribution in [0.4, 0.5) is 0 Å². The molecule has 0 saturated carbocycles. The van der Waals surface area contributed by atoms with Gasteiger partial charge in [0.1, 0.15) is 17.2 Å². The molecule has 0 radical (unpaired) electrons. The van der Waals surface area contributed by atoms with E-state index in [1.165, 1.54) is 0 Å². The third-order valence-corrected chi connectivity index (χ3v) is 3.83. The van der Waals surface area contributed by atoms with Gasteiger partial charge in [-0.3, -0.25) is 0 Å². The zero-order valence-corrected chi connectivity index (χ0v) is 13.4. The largest absolute Gasteiger partial charge is 0.497 e. The zero-order chi connectivity index (χ0) is 16.4. The number of rotatable bonds is 5. The number of ether oxygens (including phenoxy) is 1. The number of hydrogen-bond donors (Lipinski definition) is 1. The second-order valence-electron chi connectivity index (χ2n) is 5.28. The molecular weight excluding hydrogens is 294 g/mol. The second kappa shape index (κ2) is 6.21. The van der Waals surface area contributed by atoms with E-state index in [9.17, 15) is 0 Å². The van der Waals surface area contributed by atoms with E-state index >= 15 is 0 Å². The van der Waals surface area contributed by atoms with Gasteiger partial charge >= 0.3 is 0 Å². The molecule has 0 amide bonds. The SMILES string of the molecule is COc1cccc(-c2c(CN)nnn2Cc2c(C)noc2C)c1. The molecule has 0 atom stereocenters. The maximum atomic E-state index is 5.83. The summed E-state index contributed by atoms with van der Waals surface area (Å²) in [6.07, 6.45) is 0. The second-order valence-corrected chi connectivity index (χ2v) is 5.28. The molecule has 23 heavy (non-hydrogen) atoms. The lowest BCUT2D eigenvalue weighted by molar-refractivity contribution is 0.391. The molecule has 0 unspecified atom stereocenters. The van der Waals surface area contributed by atoms with Gasteiger partial charge in [0.25, 0.3) is 0 Å². The van der Waals surface area contributed by atoms with Crippen LogP contribution < -0.4 is 10.5 Å². The summed E-state index contributed by atoms with van der Waals surface area (Å²) < 4.78 is 12.4. The van der Waals surface area contributed by atoms with E-state index in [1.807, 2.05) is 42.8 Å². The van der Waals surface area contributed by atoms with Gasteiger partial charge in [0, 0.05) is 17.7 Å². The van der Waals surface area contributed by atoms with Crippen molar-refractivity contribution in [3.8, 4) is 17.0 Å². The quantitative estimate of drug-likeness (QED) is 0.775. The van der Waals surface area contributed by atoms with Crippen LogP contribution in [-0.2, 0) is 13.1 Å². The van der Waals surface area contributed by atoms with Gasteiger partial charge in [-0.2, -0.15) is 0 Å². The fourth-order valence-corrected chi connectivity index (χ4v) is 2.56. The number of nitrogens with zero attached hydrogens (tertiary/aromatic N) is 4. The van der Waals surface area contributed by atoms with E-state index in [-0.39, 0.29) is 0 Å². The third kappa shape index (κ3) is 2.83. The van der Waals surface area contributed by atoms with Crippen molar-refractivity contribution in [1.82, 2.24) is 20.2 Å². The first kappa shape index (κ1) is 15.2. The van der Waals surface area contributed by atoms with Crippen LogP contribution in [0, 0.1) is 13.8 Å². The summed E-state index contributed by atoms with van der Waals surface area (Å²) >= 11 is 0. The third-order valence-electron chi connectivity index (χ3n) is 3.83. The van der Waals surface area contributed by atoms with Gasteiger partial charge in [-0.15, -0.1) is 5.10 Å². The predicted molar refractivity (Wildman–Crippen MR) is 85.0 cm³/mol. The first-order valence-electron chi connectivity index (χ1n) is 7.32. The Morgan fingerprint density at radius 1 is 1.30 bits per heavy atom. The van der Waals surface area contributed by atoms with Gasteiger partial charge in [-0.25, -0.2) is 4.68 Å². The lowest BCUT2D eigenvalue weighted by Crippen LogP contribution is -2.07. The Bertz CT molecular complexity index is 802. The van der Waals surface area contributed by atoms with Crippen LogP contribution in [0.2, 0.25) is 0 Å². The van der Waals surface area contributed by atoms with Crippen molar-refractivity contribution >= 4 is 0 Å². The van der Waals surface area contributed by atoms with Crippen LogP contribution in [0.1, 0.15) is 22.7 Å². The van der Waals surface area contributed by atoms with Crippen molar-refractivity contribution in [3.05, 3.63) is 47.0 Å². The molecule has 0 spiro atoms. The molecule has 0 aliphatic rings. The summed E-state index contributed by atoms with van der Waals surface area (Å²) in [4.78, 5) is 0. The Labute approximate surface area is 134 Å². The molecule has 3 rings (SSSR count). The van der Waals surface area contributed by atoms with Gasteiger partial charge in [0.05, 0.1) is 25.0 Å². The molecule has 0 saturated heterocycles. The van der Waals surface area contributed by atoms with Gasteiger partial charge in [0.2, 0.25) is 0 Å². The monoisotopic (exact) mass is 313 g/mol. The highest BCUT2D eigenvalue weighted by atomic mass is 16.5. The number of aromatic nitrogens is 4. The minimum absolute atomic E-state index is 0.314. The highest BCUT2D eigenvalue weighted by Crippen LogP contribution is 2.27. The van der Waals surface area contributed by atoms with Crippen LogP contribution in [0.25, 0.3) is 11.3 Å². The highest BCUT2D eigenvalue weighted by molar-refractivity contribution is 5.64. The summed E-state index contributed by atoms with van der Waals surface area (Å²) in [5.74, 6) is 1.56. The normalized spacial score (nSPS) is 11.0. The summed E-state index contributed by atoms with van der Waals surface area (Å²) in [7, 11) is 1.64. The Hall–Kier alpha value is -2.67. The summed E-state index contributed by atoms with van der Waals surface area (Å²) in [6, 6.07) is 7.77. The van der Waals surface area contributed by atoms with Crippen LogP contribution >= 0.6 is 0 Å². The molecule has 0 bridgehead atoms. The average Bonchev–Trinajstić information content (AvgIpc) is 3.13. The van der Waals surface area contributed by atoms with E-state index < -0.39 is 0 Å². The molecule has 1 aromatic carbocycles. The lowest BCUT2D eigenvalue weighted by atomic mass is 10.1. The average molecular weight is 313 g/mol. The fourth-order valence-electron chi connectivity index (χ4n) is 2.56. The molecule has 2 heterocycles. The Morgan fingerprint density at radius 3 is 2.78 bits per heavy atom. The van der Waals surface area contributed by atoms with E-state index in [4.69, 9.17) is 15.0 Å². The van der Waals surface area contributed by atoms with Crippen LogP contribution in [0.15, 0.2) is 28.8 Å². The van der Waals surface area contributed by atoms with Crippen molar-refractivity contribution < 1.29 is 9.26 Å². The number of hydrogen-bond acceptors (Lipinski definition) is 6. The van der Waals surface area contributed by atoms with E-state index in [0.717, 1.165) is 39.7 Å². The zero-order valence-electron chi connectivity index (χ0n) is 13.4. The first-order valence-corrected chi connectivity index (χ1v) is 7.32. The molecule has 0 fully saturated rings. The molecule has 2 aromatic heterocycles. The summed E-state index contributed by atoms with van der Waals surface area (Å²) in [6.45, 7) is 4.65. The van der Waals surface area contributed by atoms with E-state index in [1.54, 1.807) is 7.11 Å². The number of nitrogens with two attached hydrogens (primary N) is 1. The molecule has 7 nitrogen and oxygen atoms in total. The highest BCUT2D eigenvalue weighted by Gasteiger charge is 2.18. The van der Waals surface area contributed by atoms with E-state index in [0.29, 0.717) is 13.1 Å². The Balaban J connectivity index is 2.07. The van der Waals surface area contributed by atoms with Crippen LogP contribution in [0.5, 0.6) is 5.75 Å². The summed E-state index contributed by atoms with van der Waals surface area (Å²) in [5.41, 5.74) is 10.3. The first-order chi connectivity index (χ1) is 11.1. The molecule has 2 N–H and O–H groups in total. The molecular formula is C16H19N5O2. The number of methoxy groups -OCH3 is 1. The number of aryl methyl sites for hydroxylation is 2. The van der Waals surface area contributed by atoms with Crippen LogP contribution in [-0.4, -0.2) is 27.3 Å². The fraction of sp³-hybridized carbons (Fsp3) is 0.312. The smallest absolute Gasteiger partial charge is 0.138 e. The molecule has 0 aliphatic heterocycles. The molecule has 7 heteroatoms. The maximum absolute atomic E-state index is 5.83. The van der Waals surface area contributed by atoms with Gasteiger partial charge < -0.3 is 15.0 Å². The topological polar surface area (TPSA) is 92.0 Å². The molecule has 0 aliphatic carbocycles. The lowest BCUT2D eigenvalue weighted by Gasteiger charge is -2.09. The number of benzene rings is 1. The van der Waals surface area contributed by atoms with E-state index in [2.05, 4.69) is 15.5 Å².